The molecule has 30 heavy (non-hydrogen) atoms. The predicted molar refractivity (Wildman–Crippen MR) is 133 cm³/mol. The quantitative estimate of drug-likeness (QED) is 0.0930. The van der Waals surface area contributed by atoms with Gasteiger partial charge < -0.3 is 4.74 Å². The predicted octanol–water partition coefficient (Wildman–Crippen LogP) is 9.56. The number of carbonyl (C=O) groups excluding carboxylic acids is 1. The van der Waals surface area contributed by atoms with Gasteiger partial charge in [0.05, 0.1) is 6.61 Å². The molecule has 0 amide bonds. The minimum Gasteiger partial charge on any atom is -0.462 e. The van der Waals surface area contributed by atoms with Gasteiger partial charge in [0, 0.05) is 5.57 Å². The van der Waals surface area contributed by atoms with E-state index in [0.717, 1.165) is 12.3 Å². The molecule has 0 aliphatic heterocycles. The van der Waals surface area contributed by atoms with Crippen molar-refractivity contribution in [3.05, 3.63) is 12.2 Å². The largest absolute Gasteiger partial charge is 0.462 e. The monoisotopic (exact) mass is 422 g/mol. The van der Waals surface area contributed by atoms with Crippen LogP contribution in [0.5, 0.6) is 0 Å². The molecule has 0 saturated carbocycles. The summed E-state index contributed by atoms with van der Waals surface area (Å²) in [5.41, 5.74) is 0.494. The van der Waals surface area contributed by atoms with Crippen LogP contribution in [0.3, 0.4) is 0 Å². The maximum absolute atomic E-state index is 11.2. The maximum Gasteiger partial charge on any atom is 0.333 e. The summed E-state index contributed by atoms with van der Waals surface area (Å²) in [5, 5.41) is 0. The standard InChI is InChI=1S/C28H54O2/c1-26(2)24-22-20-18-16-14-12-10-8-6-5-7-9-11-13-15-17-19-21-23-25-30-28(29)27(3)4/h26H,3,5-25H2,1-2,4H3. The molecule has 0 aromatic carbocycles. The summed E-state index contributed by atoms with van der Waals surface area (Å²) in [5.74, 6) is 0.630. The van der Waals surface area contributed by atoms with Gasteiger partial charge in [0.2, 0.25) is 0 Å². The van der Waals surface area contributed by atoms with Crippen LogP contribution < -0.4 is 0 Å². The van der Waals surface area contributed by atoms with Crippen LogP contribution >= 0.6 is 0 Å². The van der Waals surface area contributed by atoms with E-state index in [2.05, 4.69) is 20.4 Å². The van der Waals surface area contributed by atoms with Gasteiger partial charge >= 0.3 is 5.97 Å². The Hall–Kier alpha value is -0.790. The van der Waals surface area contributed by atoms with Crippen molar-refractivity contribution in [3.8, 4) is 0 Å². The topological polar surface area (TPSA) is 26.3 Å². The highest BCUT2D eigenvalue weighted by atomic mass is 16.5. The number of esters is 1. The number of unbranched alkanes of at least 4 members (excludes halogenated alkanes) is 18. The zero-order chi connectivity index (χ0) is 22.3. The number of rotatable bonds is 23. The fourth-order valence-corrected chi connectivity index (χ4v) is 3.95. The lowest BCUT2D eigenvalue weighted by molar-refractivity contribution is -0.139. The van der Waals surface area contributed by atoms with Gasteiger partial charge in [-0.15, -0.1) is 0 Å². The molecule has 0 rings (SSSR count). The molecular formula is C28H54O2. The molecule has 0 fully saturated rings. The van der Waals surface area contributed by atoms with Gasteiger partial charge in [0.15, 0.2) is 0 Å². The fraction of sp³-hybridized carbons (Fsp3) is 0.893. The van der Waals surface area contributed by atoms with Gasteiger partial charge in [-0.1, -0.05) is 142 Å². The second-order valence-corrected chi connectivity index (χ2v) is 9.82. The van der Waals surface area contributed by atoms with E-state index in [1.54, 1.807) is 6.92 Å². The maximum atomic E-state index is 11.2. The van der Waals surface area contributed by atoms with Crippen molar-refractivity contribution in [2.24, 2.45) is 5.92 Å². The van der Waals surface area contributed by atoms with Crippen molar-refractivity contribution in [3.63, 3.8) is 0 Å². The average molecular weight is 423 g/mol. The van der Waals surface area contributed by atoms with Crippen molar-refractivity contribution >= 4 is 5.97 Å². The van der Waals surface area contributed by atoms with Crippen LogP contribution in [0.2, 0.25) is 0 Å². The summed E-state index contributed by atoms with van der Waals surface area (Å²) in [6, 6.07) is 0. The van der Waals surface area contributed by atoms with Gasteiger partial charge in [-0.3, -0.25) is 0 Å². The Balaban J connectivity index is 3.07. The third-order valence-corrected chi connectivity index (χ3v) is 6.01. The summed E-state index contributed by atoms with van der Waals surface area (Å²) in [6.07, 6.45) is 27.7. The summed E-state index contributed by atoms with van der Waals surface area (Å²) in [4.78, 5) is 11.2. The van der Waals surface area contributed by atoms with E-state index >= 15 is 0 Å². The molecule has 0 atom stereocenters. The molecule has 0 aromatic rings. The number of carbonyl (C=O) groups is 1. The Morgan fingerprint density at radius 1 is 0.600 bits per heavy atom. The van der Waals surface area contributed by atoms with E-state index in [0.29, 0.717) is 12.2 Å². The van der Waals surface area contributed by atoms with E-state index in [9.17, 15) is 4.79 Å². The van der Waals surface area contributed by atoms with E-state index in [1.165, 1.54) is 122 Å². The molecule has 0 N–H and O–H groups in total. The van der Waals surface area contributed by atoms with Crippen molar-refractivity contribution in [1.29, 1.82) is 0 Å². The van der Waals surface area contributed by atoms with E-state index in [1.807, 2.05) is 0 Å². The van der Waals surface area contributed by atoms with Crippen LogP contribution in [0, 0.1) is 5.92 Å². The lowest BCUT2D eigenvalue weighted by Gasteiger charge is -2.05. The van der Waals surface area contributed by atoms with Gasteiger partial charge in [-0.2, -0.15) is 0 Å². The third-order valence-electron chi connectivity index (χ3n) is 6.01. The minimum atomic E-state index is -0.252. The molecular weight excluding hydrogens is 368 g/mol. The summed E-state index contributed by atoms with van der Waals surface area (Å²) >= 11 is 0. The van der Waals surface area contributed by atoms with E-state index in [4.69, 9.17) is 4.74 Å². The van der Waals surface area contributed by atoms with Crippen molar-refractivity contribution in [1.82, 2.24) is 0 Å². The summed E-state index contributed by atoms with van der Waals surface area (Å²) < 4.78 is 5.11. The van der Waals surface area contributed by atoms with E-state index < -0.39 is 0 Å². The van der Waals surface area contributed by atoms with Crippen molar-refractivity contribution < 1.29 is 9.53 Å². The Morgan fingerprint density at radius 3 is 1.20 bits per heavy atom. The minimum absolute atomic E-state index is 0.252. The molecule has 0 spiro atoms. The summed E-state index contributed by atoms with van der Waals surface area (Å²) in [6.45, 7) is 10.5. The highest BCUT2D eigenvalue weighted by Crippen LogP contribution is 2.15. The Labute approximate surface area is 189 Å². The molecule has 2 heteroatoms. The molecule has 0 bridgehead atoms. The first kappa shape index (κ1) is 29.2. The van der Waals surface area contributed by atoms with Crippen LogP contribution in [0.1, 0.15) is 149 Å². The second-order valence-electron chi connectivity index (χ2n) is 9.82. The van der Waals surface area contributed by atoms with Crippen LogP contribution in [0.4, 0.5) is 0 Å². The SMILES string of the molecule is C=C(C)C(=O)OCCCCCCCCCCCCCCCCCCCCCC(C)C. The zero-order valence-electron chi connectivity index (χ0n) is 21.0. The smallest absolute Gasteiger partial charge is 0.333 e. The first-order chi connectivity index (χ1) is 14.5. The third kappa shape index (κ3) is 23.5. The lowest BCUT2D eigenvalue weighted by atomic mass is 10.0. The van der Waals surface area contributed by atoms with Gasteiger partial charge in [-0.05, 0) is 19.3 Å². The summed E-state index contributed by atoms with van der Waals surface area (Å²) in [7, 11) is 0. The zero-order valence-corrected chi connectivity index (χ0v) is 21.0. The van der Waals surface area contributed by atoms with Gasteiger partial charge in [0.1, 0.15) is 0 Å². The molecule has 0 heterocycles. The second kappa shape index (κ2) is 22.9. The van der Waals surface area contributed by atoms with E-state index in [-0.39, 0.29) is 5.97 Å². The molecule has 0 saturated heterocycles. The van der Waals surface area contributed by atoms with Crippen LogP contribution in [-0.2, 0) is 9.53 Å². The highest BCUT2D eigenvalue weighted by Gasteiger charge is 2.01. The number of hydrogen-bond donors (Lipinski definition) is 0. The van der Waals surface area contributed by atoms with Crippen LogP contribution in [0.15, 0.2) is 12.2 Å². The molecule has 0 aliphatic carbocycles. The first-order valence-electron chi connectivity index (χ1n) is 13.4. The van der Waals surface area contributed by atoms with Crippen LogP contribution in [0.25, 0.3) is 0 Å². The highest BCUT2D eigenvalue weighted by molar-refractivity contribution is 5.86. The van der Waals surface area contributed by atoms with Crippen LogP contribution in [-0.4, -0.2) is 12.6 Å². The molecule has 0 unspecified atom stereocenters. The Kier molecular flexibility index (Phi) is 22.3. The number of ether oxygens (including phenoxy) is 1. The normalized spacial score (nSPS) is 11.2. The molecule has 2 nitrogen and oxygen atoms in total. The Bertz CT molecular complexity index is 386. The molecule has 0 aromatic heterocycles. The number of hydrogen-bond acceptors (Lipinski definition) is 2. The van der Waals surface area contributed by atoms with Crippen molar-refractivity contribution in [2.75, 3.05) is 6.61 Å². The average Bonchev–Trinajstić information content (AvgIpc) is 2.71. The molecule has 0 aliphatic rings. The molecule has 178 valence electrons. The van der Waals surface area contributed by atoms with Gasteiger partial charge in [-0.25, -0.2) is 4.79 Å². The van der Waals surface area contributed by atoms with Crippen molar-refractivity contribution in [2.45, 2.75) is 149 Å². The Morgan fingerprint density at radius 2 is 0.900 bits per heavy atom. The van der Waals surface area contributed by atoms with Gasteiger partial charge in [0.25, 0.3) is 0 Å². The first-order valence-corrected chi connectivity index (χ1v) is 13.4. The fourth-order valence-electron chi connectivity index (χ4n) is 3.95. The lowest BCUT2D eigenvalue weighted by Crippen LogP contribution is -2.05. The molecule has 0 radical (unpaired) electrons.